The number of carbonyl (C=O) groups excluding carboxylic acids is 2. The summed E-state index contributed by atoms with van der Waals surface area (Å²) < 4.78 is 1.69. The average Bonchev–Trinajstić information content (AvgIpc) is 3.39. The van der Waals surface area contributed by atoms with Crippen molar-refractivity contribution < 1.29 is 9.59 Å². The predicted octanol–water partition coefficient (Wildman–Crippen LogP) is 3.99. The molecule has 31 heavy (non-hydrogen) atoms. The van der Waals surface area contributed by atoms with Crippen LogP contribution >= 0.6 is 0 Å². The highest BCUT2D eigenvalue weighted by atomic mass is 16.1. The second-order valence-electron chi connectivity index (χ2n) is 7.48. The Morgan fingerprint density at radius 2 is 1.94 bits per heavy atom. The first kappa shape index (κ1) is 20.3. The monoisotopic (exact) mass is 410 g/mol. The molecule has 3 aromatic rings. The van der Waals surface area contributed by atoms with Gasteiger partial charge in [0.2, 0.25) is 5.82 Å². The summed E-state index contributed by atoms with van der Waals surface area (Å²) in [5.74, 6) is 6.34. The van der Waals surface area contributed by atoms with E-state index in [0.29, 0.717) is 22.6 Å². The lowest BCUT2D eigenvalue weighted by Crippen LogP contribution is -2.21. The van der Waals surface area contributed by atoms with Crippen molar-refractivity contribution in [1.82, 2.24) is 19.9 Å². The Kier molecular flexibility index (Phi) is 5.50. The number of rotatable bonds is 4. The van der Waals surface area contributed by atoms with Crippen LogP contribution in [0.2, 0.25) is 0 Å². The molecule has 1 N–H and O–H groups in total. The molecule has 0 saturated heterocycles. The summed E-state index contributed by atoms with van der Waals surface area (Å²) in [4.78, 5) is 24.4. The molecule has 154 valence electrons. The Balaban J connectivity index is 1.61. The summed E-state index contributed by atoms with van der Waals surface area (Å²) >= 11 is 0. The molecule has 0 aliphatic heterocycles. The summed E-state index contributed by atoms with van der Waals surface area (Å²) in [6.45, 7) is 5.56. The first-order valence-corrected chi connectivity index (χ1v) is 10.1. The molecule has 0 saturated carbocycles. The number of aromatic nitrogens is 3. The number of hydrogen-bond donors (Lipinski definition) is 1. The van der Waals surface area contributed by atoms with Crippen molar-refractivity contribution in [1.29, 1.82) is 0 Å². The van der Waals surface area contributed by atoms with Crippen molar-refractivity contribution in [2.75, 3.05) is 0 Å². The molecule has 1 aliphatic carbocycles. The number of benzene rings is 1. The minimum absolute atomic E-state index is 0.0395. The van der Waals surface area contributed by atoms with Crippen LogP contribution in [-0.2, 0) is 0 Å². The van der Waals surface area contributed by atoms with Gasteiger partial charge in [0.1, 0.15) is 0 Å². The van der Waals surface area contributed by atoms with Gasteiger partial charge in [-0.15, -0.1) is 10.2 Å². The Morgan fingerprint density at radius 3 is 2.68 bits per heavy atom. The lowest BCUT2D eigenvalue weighted by atomic mass is 10.0. The van der Waals surface area contributed by atoms with Crippen LogP contribution in [0, 0.1) is 18.8 Å². The number of ketones is 1. The van der Waals surface area contributed by atoms with E-state index in [1.807, 2.05) is 25.1 Å². The molecule has 0 bridgehead atoms. The Labute approximate surface area is 180 Å². The van der Waals surface area contributed by atoms with Crippen LogP contribution in [0.4, 0.5) is 0 Å². The Hall–Kier alpha value is -3.98. The normalized spacial score (nSPS) is 12.7. The molecule has 0 spiro atoms. The maximum atomic E-state index is 12.7. The molecule has 4 rings (SSSR count). The standard InChI is InChI=1S/C25H22N4O2/c1-4-18-6-10-22(13-18)26-25(31)20-7-5-16(2)19(14-20)8-11-23-27-28-24-12-9-21(17(3)30)15-29(23)24/h5,7,9-10,12-15H,4,6H2,1-3H3,(H,26,31). The number of nitrogens with one attached hydrogen (secondary N) is 1. The summed E-state index contributed by atoms with van der Waals surface area (Å²) in [6, 6.07) is 8.91. The first-order chi connectivity index (χ1) is 14.9. The maximum absolute atomic E-state index is 12.7. The van der Waals surface area contributed by atoms with E-state index < -0.39 is 0 Å². The van der Waals surface area contributed by atoms with Gasteiger partial charge in [-0.2, -0.15) is 0 Å². The zero-order valence-electron chi connectivity index (χ0n) is 17.7. The molecule has 1 aromatic carbocycles. The van der Waals surface area contributed by atoms with Gasteiger partial charge in [-0.3, -0.25) is 14.0 Å². The van der Waals surface area contributed by atoms with Crippen molar-refractivity contribution in [2.45, 2.75) is 33.6 Å². The van der Waals surface area contributed by atoms with Crippen molar-refractivity contribution >= 4 is 17.3 Å². The third kappa shape index (κ3) is 4.31. The zero-order valence-corrected chi connectivity index (χ0v) is 17.7. The average molecular weight is 410 g/mol. The highest BCUT2D eigenvalue weighted by molar-refractivity contribution is 5.96. The molecule has 6 nitrogen and oxygen atoms in total. The van der Waals surface area contributed by atoms with E-state index in [-0.39, 0.29) is 11.7 Å². The predicted molar refractivity (Wildman–Crippen MR) is 119 cm³/mol. The molecule has 1 aliphatic rings. The van der Waals surface area contributed by atoms with E-state index in [4.69, 9.17) is 0 Å². The number of nitrogens with zero attached hydrogens (tertiary/aromatic N) is 3. The number of allylic oxidation sites excluding steroid dienone is 3. The van der Waals surface area contributed by atoms with Crippen LogP contribution in [0.25, 0.3) is 5.65 Å². The lowest BCUT2D eigenvalue weighted by molar-refractivity contribution is 0.0965. The lowest BCUT2D eigenvalue weighted by Gasteiger charge is -2.06. The summed E-state index contributed by atoms with van der Waals surface area (Å²) in [5, 5.41) is 11.2. The Morgan fingerprint density at radius 1 is 1.13 bits per heavy atom. The minimum Gasteiger partial charge on any atom is -0.322 e. The third-order valence-corrected chi connectivity index (χ3v) is 5.27. The van der Waals surface area contributed by atoms with Crippen LogP contribution in [-0.4, -0.2) is 26.3 Å². The van der Waals surface area contributed by atoms with Gasteiger partial charge in [-0.05, 0) is 68.5 Å². The fraction of sp³-hybridized carbons (Fsp3) is 0.200. The van der Waals surface area contributed by atoms with Gasteiger partial charge in [-0.25, -0.2) is 0 Å². The van der Waals surface area contributed by atoms with Crippen LogP contribution < -0.4 is 5.32 Å². The van der Waals surface area contributed by atoms with Crippen LogP contribution in [0.1, 0.15) is 64.4 Å². The fourth-order valence-corrected chi connectivity index (χ4v) is 3.32. The van der Waals surface area contributed by atoms with Gasteiger partial charge in [0.05, 0.1) is 0 Å². The Bertz CT molecular complexity index is 1330. The number of hydrogen-bond acceptors (Lipinski definition) is 4. The van der Waals surface area contributed by atoms with Gasteiger partial charge < -0.3 is 5.32 Å². The quantitative estimate of drug-likeness (QED) is 0.521. The van der Waals surface area contributed by atoms with Gasteiger partial charge in [0, 0.05) is 28.6 Å². The number of fused-ring (bicyclic) bond motifs is 1. The first-order valence-electron chi connectivity index (χ1n) is 10.1. The van der Waals surface area contributed by atoms with Gasteiger partial charge in [-0.1, -0.05) is 30.6 Å². The zero-order chi connectivity index (χ0) is 22.0. The highest BCUT2D eigenvalue weighted by Gasteiger charge is 2.12. The van der Waals surface area contributed by atoms with E-state index in [2.05, 4.69) is 34.3 Å². The fourth-order valence-electron chi connectivity index (χ4n) is 3.32. The molecule has 6 heteroatoms. The topological polar surface area (TPSA) is 76.4 Å². The van der Waals surface area contributed by atoms with Gasteiger partial charge in [0.15, 0.2) is 11.4 Å². The van der Waals surface area contributed by atoms with E-state index in [9.17, 15) is 9.59 Å². The molecular formula is C25H22N4O2. The maximum Gasteiger partial charge on any atom is 0.255 e. The second kappa shape index (κ2) is 8.41. The van der Waals surface area contributed by atoms with Crippen molar-refractivity contribution in [2.24, 2.45) is 0 Å². The molecule has 0 atom stereocenters. The molecule has 1 amide bonds. The van der Waals surface area contributed by atoms with Crippen molar-refractivity contribution in [3.8, 4) is 11.8 Å². The van der Waals surface area contributed by atoms with Crippen LogP contribution in [0.15, 0.2) is 60.0 Å². The summed E-state index contributed by atoms with van der Waals surface area (Å²) in [7, 11) is 0. The molecule has 0 fully saturated rings. The molecule has 0 radical (unpaired) electrons. The number of aryl methyl sites for hydroxylation is 1. The third-order valence-electron chi connectivity index (χ3n) is 5.27. The SMILES string of the molecule is CCC1=CC(NC(=O)c2ccc(C)c(C#Cc3nnc4ccc(C(C)=O)cn34)c2)=CC1. The number of carbonyl (C=O) groups is 2. The van der Waals surface area contributed by atoms with Crippen molar-refractivity contribution in [3.05, 3.63) is 88.0 Å². The van der Waals surface area contributed by atoms with E-state index in [1.165, 1.54) is 12.5 Å². The van der Waals surface area contributed by atoms with E-state index >= 15 is 0 Å². The summed E-state index contributed by atoms with van der Waals surface area (Å²) in [5.41, 5.74) is 5.55. The molecule has 2 aromatic heterocycles. The number of amides is 1. The van der Waals surface area contributed by atoms with Crippen LogP contribution in [0.3, 0.4) is 0 Å². The second-order valence-corrected chi connectivity index (χ2v) is 7.48. The minimum atomic E-state index is -0.165. The summed E-state index contributed by atoms with van der Waals surface area (Å²) in [6.07, 6.45) is 7.60. The van der Waals surface area contributed by atoms with Crippen molar-refractivity contribution in [3.63, 3.8) is 0 Å². The number of pyridine rings is 1. The largest absolute Gasteiger partial charge is 0.322 e. The van der Waals surface area contributed by atoms with Crippen LogP contribution in [0.5, 0.6) is 0 Å². The van der Waals surface area contributed by atoms with Gasteiger partial charge in [0.25, 0.3) is 5.91 Å². The molecular weight excluding hydrogens is 388 g/mol. The highest BCUT2D eigenvalue weighted by Crippen LogP contribution is 2.19. The van der Waals surface area contributed by atoms with E-state index in [0.717, 1.165) is 29.7 Å². The molecule has 0 unspecified atom stereocenters. The van der Waals surface area contributed by atoms with E-state index in [1.54, 1.807) is 34.9 Å². The molecule has 2 heterocycles. The smallest absolute Gasteiger partial charge is 0.255 e. The number of Topliss-reactive ketones (excluding diaryl/α,β-unsaturated/α-hetero) is 1. The van der Waals surface area contributed by atoms with Gasteiger partial charge >= 0.3 is 0 Å².